The molecule has 0 spiro atoms. The molecule has 0 saturated carbocycles. The number of thioether (sulfide) groups is 1. The molecule has 0 aliphatic heterocycles. The number of alkyl halides is 3. The summed E-state index contributed by atoms with van der Waals surface area (Å²) < 4.78 is 41.8. The van der Waals surface area contributed by atoms with Gasteiger partial charge in [0.25, 0.3) is 0 Å². The molecule has 0 radical (unpaired) electrons. The van der Waals surface area contributed by atoms with Crippen LogP contribution in [0.1, 0.15) is 0 Å². The van der Waals surface area contributed by atoms with Gasteiger partial charge < -0.3 is 4.42 Å². The standard InChI is InChI=1S/C8H3BrF3NOS/c9-5-1-4(15-8(10,11)12)2-6-7(5)14-3-13-6/h1-3H. The van der Waals surface area contributed by atoms with Gasteiger partial charge in [-0.15, -0.1) is 0 Å². The van der Waals surface area contributed by atoms with Crippen LogP contribution in [0.5, 0.6) is 0 Å². The number of hydrogen-bond donors (Lipinski definition) is 0. The molecule has 0 unspecified atom stereocenters. The highest BCUT2D eigenvalue weighted by Crippen LogP contribution is 2.39. The second-order valence-corrected chi connectivity index (χ2v) is 4.65. The van der Waals surface area contributed by atoms with E-state index in [1.807, 2.05) is 0 Å². The van der Waals surface area contributed by atoms with Gasteiger partial charge in [-0.3, -0.25) is 0 Å². The number of rotatable bonds is 1. The largest absolute Gasteiger partial charge is 0.446 e. The van der Waals surface area contributed by atoms with Crippen LogP contribution in [-0.4, -0.2) is 10.5 Å². The number of hydrogen-bond acceptors (Lipinski definition) is 3. The maximum Gasteiger partial charge on any atom is 0.446 e. The van der Waals surface area contributed by atoms with Crippen LogP contribution in [0.4, 0.5) is 13.2 Å². The minimum atomic E-state index is -4.29. The second kappa shape index (κ2) is 3.71. The van der Waals surface area contributed by atoms with Crippen molar-refractivity contribution < 1.29 is 17.6 Å². The lowest BCUT2D eigenvalue weighted by Gasteiger charge is -2.05. The summed E-state index contributed by atoms with van der Waals surface area (Å²) in [6.07, 6.45) is 1.19. The Morgan fingerprint density at radius 2 is 2.07 bits per heavy atom. The van der Waals surface area contributed by atoms with E-state index in [9.17, 15) is 13.2 Å². The molecule has 0 aliphatic carbocycles. The van der Waals surface area contributed by atoms with Crippen molar-refractivity contribution in [2.45, 2.75) is 10.4 Å². The Labute approximate surface area is 95.0 Å². The first-order valence-electron chi connectivity index (χ1n) is 3.74. The Hall–Kier alpha value is -0.690. The monoisotopic (exact) mass is 297 g/mol. The number of halogens is 4. The Morgan fingerprint density at radius 1 is 1.33 bits per heavy atom. The number of aromatic nitrogens is 1. The summed E-state index contributed by atoms with van der Waals surface area (Å²) in [5.41, 5.74) is -3.45. The molecule has 0 bridgehead atoms. The predicted molar refractivity (Wildman–Crippen MR) is 53.6 cm³/mol. The molecule has 0 atom stereocenters. The van der Waals surface area contributed by atoms with Crippen molar-refractivity contribution in [1.82, 2.24) is 4.98 Å². The SMILES string of the molecule is FC(F)(F)Sc1cc(Br)c2ocnc2c1. The van der Waals surface area contributed by atoms with Gasteiger partial charge in [0.1, 0.15) is 5.52 Å². The van der Waals surface area contributed by atoms with Gasteiger partial charge in [-0.2, -0.15) is 13.2 Å². The first-order valence-corrected chi connectivity index (χ1v) is 5.35. The molecule has 0 N–H and O–H groups in total. The van der Waals surface area contributed by atoms with Crippen LogP contribution >= 0.6 is 27.7 Å². The molecule has 7 heteroatoms. The smallest absolute Gasteiger partial charge is 0.442 e. The van der Waals surface area contributed by atoms with Gasteiger partial charge in [-0.1, -0.05) is 0 Å². The highest BCUT2D eigenvalue weighted by atomic mass is 79.9. The van der Waals surface area contributed by atoms with E-state index in [1.165, 1.54) is 18.5 Å². The molecule has 0 aliphatic rings. The Balaban J connectivity index is 2.45. The minimum Gasteiger partial charge on any atom is -0.442 e. The van der Waals surface area contributed by atoms with Crippen molar-refractivity contribution in [3.05, 3.63) is 23.0 Å². The lowest BCUT2D eigenvalue weighted by Crippen LogP contribution is -1.98. The van der Waals surface area contributed by atoms with E-state index in [0.717, 1.165) is 0 Å². The molecule has 1 heterocycles. The molecule has 1 aromatic heterocycles. The van der Waals surface area contributed by atoms with Gasteiger partial charge >= 0.3 is 5.51 Å². The summed E-state index contributed by atoms with van der Waals surface area (Å²) in [6.45, 7) is 0. The maximum atomic E-state index is 12.1. The zero-order valence-corrected chi connectivity index (χ0v) is 9.41. The molecule has 80 valence electrons. The number of oxazole rings is 1. The van der Waals surface area contributed by atoms with Crippen LogP contribution in [-0.2, 0) is 0 Å². The van der Waals surface area contributed by atoms with E-state index < -0.39 is 5.51 Å². The molecule has 0 amide bonds. The van der Waals surface area contributed by atoms with Crippen molar-refractivity contribution in [3.8, 4) is 0 Å². The van der Waals surface area contributed by atoms with E-state index >= 15 is 0 Å². The van der Waals surface area contributed by atoms with Gasteiger partial charge in [0, 0.05) is 4.90 Å². The van der Waals surface area contributed by atoms with Crippen molar-refractivity contribution in [3.63, 3.8) is 0 Å². The van der Waals surface area contributed by atoms with Gasteiger partial charge in [-0.25, -0.2) is 4.98 Å². The molecule has 1 aromatic carbocycles. The van der Waals surface area contributed by atoms with E-state index in [-0.39, 0.29) is 16.7 Å². The van der Waals surface area contributed by atoms with Crippen molar-refractivity contribution >= 4 is 38.8 Å². The fourth-order valence-electron chi connectivity index (χ4n) is 1.10. The number of nitrogens with zero attached hydrogens (tertiary/aromatic N) is 1. The Kier molecular flexibility index (Phi) is 2.68. The third-order valence-corrected chi connectivity index (χ3v) is 2.89. The molecule has 0 saturated heterocycles. The molecule has 2 nitrogen and oxygen atoms in total. The highest BCUT2D eigenvalue weighted by molar-refractivity contribution is 9.10. The first-order chi connectivity index (χ1) is 6.96. The average molecular weight is 298 g/mol. The molecule has 15 heavy (non-hydrogen) atoms. The van der Waals surface area contributed by atoms with Crippen molar-refractivity contribution in [2.75, 3.05) is 0 Å². The predicted octanol–water partition coefficient (Wildman–Crippen LogP) is 4.20. The number of benzene rings is 1. The van der Waals surface area contributed by atoms with E-state index in [4.69, 9.17) is 4.42 Å². The third kappa shape index (κ3) is 2.46. The average Bonchev–Trinajstić information content (AvgIpc) is 2.48. The van der Waals surface area contributed by atoms with Gasteiger partial charge in [0.2, 0.25) is 0 Å². The van der Waals surface area contributed by atoms with Crippen molar-refractivity contribution in [1.29, 1.82) is 0 Å². The molecule has 0 fully saturated rings. The topological polar surface area (TPSA) is 26.0 Å². The van der Waals surface area contributed by atoms with E-state index in [1.54, 1.807) is 0 Å². The third-order valence-electron chi connectivity index (χ3n) is 1.59. The summed E-state index contributed by atoms with van der Waals surface area (Å²) in [5.74, 6) is 0. The van der Waals surface area contributed by atoms with E-state index in [2.05, 4.69) is 20.9 Å². The fraction of sp³-hybridized carbons (Fsp3) is 0.125. The normalized spacial score (nSPS) is 12.3. The second-order valence-electron chi connectivity index (χ2n) is 2.65. The van der Waals surface area contributed by atoms with E-state index in [0.29, 0.717) is 15.6 Å². The van der Waals surface area contributed by atoms with Gasteiger partial charge in [0.15, 0.2) is 12.0 Å². The lowest BCUT2D eigenvalue weighted by atomic mass is 10.3. The number of fused-ring (bicyclic) bond motifs is 1. The molecule has 2 aromatic rings. The Morgan fingerprint density at radius 3 is 2.73 bits per heavy atom. The quantitative estimate of drug-likeness (QED) is 0.738. The highest BCUT2D eigenvalue weighted by Gasteiger charge is 2.29. The summed E-state index contributed by atoms with van der Waals surface area (Å²) in [4.78, 5) is 3.87. The van der Waals surface area contributed by atoms with Crippen LogP contribution in [0, 0.1) is 0 Å². The van der Waals surface area contributed by atoms with Gasteiger partial charge in [-0.05, 0) is 39.8 Å². The van der Waals surface area contributed by atoms with Crippen LogP contribution < -0.4 is 0 Å². The summed E-state index contributed by atoms with van der Waals surface area (Å²) in [5, 5.41) is 0. The van der Waals surface area contributed by atoms with Crippen molar-refractivity contribution in [2.24, 2.45) is 0 Å². The van der Waals surface area contributed by atoms with Crippen LogP contribution in [0.3, 0.4) is 0 Å². The van der Waals surface area contributed by atoms with Crippen LogP contribution in [0.2, 0.25) is 0 Å². The summed E-state index contributed by atoms with van der Waals surface area (Å²) in [7, 11) is 0. The van der Waals surface area contributed by atoms with Gasteiger partial charge in [0.05, 0.1) is 4.47 Å². The minimum absolute atomic E-state index is 0.0794. The summed E-state index contributed by atoms with van der Waals surface area (Å²) >= 11 is 2.94. The molecule has 2 rings (SSSR count). The molecular formula is C8H3BrF3NOS. The first kappa shape index (κ1) is 10.8. The van der Waals surface area contributed by atoms with Crippen LogP contribution in [0.15, 0.2) is 32.3 Å². The van der Waals surface area contributed by atoms with Crippen LogP contribution in [0.25, 0.3) is 11.1 Å². The zero-order valence-electron chi connectivity index (χ0n) is 7.01. The lowest BCUT2D eigenvalue weighted by molar-refractivity contribution is -0.0328. The zero-order chi connectivity index (χ0) is 11.1. The molecular weight excluding hydrogens is 295 g/mol. The maximum absolute atomic E-state index is 12.1. The summed E-state index contributed by atoms with van der Waals surface area (Å²) in [6, 6.07) is 2.69. The fourth-order valence-corrected chi connectivity index (χ4v) is 2.41. The Bertz CT molecular complexity index is 496.